The van der Waals surface area contributed by atoms with Crippen LogP contribution in [0.3, 0.4) is 0 Å². The smallest absolute Gasteiger partial charge is 0.236 e. The zero-order valence-corrected chi connectivity index (χ0v) is 10.9. The Morgan fingerprint density at radius 3 is 2.56 bits per heavy atom. The van der Waals surface area contributed by atoms with Crippen molar-refractivity contribution in [2.45, 2.75) is 26.3 Å². The van der Waals surface area contributed by atoms with E-state index in [0.29, 0.717) is 26.2 Å². The van der Waals surface area contributed by atoms with Crippen LogP contribution >= 0.6 is 0 Å². The third-order valence-corrected chi connectivity index (χ3v) is 2.04. The topological polar surface area (TPSA) is 41.6 Å². The van der Waals surface area contributed by atoms with E-state index >= 15 is 0 Å². The van der Waals surface area contributed by atoms with Crippen LogP contribution in [0.2, 0.25) is 0 Å². The van der Waals surface area contributed by atoms with Crippen LogP contribution in [0.4, 0.5) is 0 Å². The molecule has 0 spiro atoms. The Bertz CT molecular complexity index is 222. The lowest BCUT2D eigenvalue weighted by atomic mass is 10.1. The number of amides is 1. The van der Waals surface area contributed by atoms with Crippen LogP contribution in [0.1, 0.15) is 20.8 Å². The minimum atomic E-state index is -0.0449. The maximum atomic E-state index is 11.8. The summed E-state index contributed by atoms with van der Waals surface area (Å²) in [4.78, 5) is 13.6. The number of hydrogen-bond donors (Lipinski definition) is 1. The lowest BCUT2D eigenvalue weighted by Crippen LogP contribution is -2.45. The number of hydrogen-bond acceptors (Lipinski definition) is 3. The summed E-state index contributed by atoms with van der Waals surface area (Å²) >= 11 is 0. The zero-order chi connectivity index (χ0) is 12.6. The van der Waals surface area contributed by atoms with Crippen LogP contribution in [0, 0.1) is 0 Å². The van der Waals surface area contributed by atoms with Crippen LogP contribution < -0.4 is 5.32 Å². The molecule has 0 radical (unpaired) electrons. The first-order valence-corrected chi connectivity index (χ1v) is 5.53. The van der Waals surface area contributed by atoms with E-state index in [4.69, 9.17) is 4.74 Å². The largest absolute Gasteiger partial charge is 0.383 e. The van der Waals surface area contributed by atoms with Crippen molar-refractivity contribution in [3.05, 3.63) is 12.7 Å². The van der Waals surface area contributed by atoms with Gasteiger partial charge in [0.25, 0.3) is 0 Å². The van der Waals surface area contributed by atoms with Crippen LogP contribution in [-0.2, 0) is 9.53 Å². The van der Waals surface area contributed by atoms with Gasteiger partial charge in [0.1, 0.15) is 0 Å². The lowest BCUT2D eigenvalue weighted by molar-refractivity contribution is -0.130. The third kappa shape index (κ3) is 7.43. The third-order valence-electron chi connectivity index (χ3n) is 2.04. The minimum Gasteiger partial charge on any atom is -0.383 e. The number of rotatable bonds is 7. The first-order valence-electron chi connectivity index (χ1n) is 5.53. The summed E-state index contributed by atoms with van der Waals surface area (Å²) in [6, 6.07) is 0. The van der Waals surface area contributed by atoms with E-state index in [1.807, 2.05) is 20.8 Å². The molecule has 1 amide bonds. The van der Waals surface area contributed by atoms with Crippen molar-refractivity contribution in [2.75, 3.05) is 33.4 Å². The van der Waals surface area contributed by atoms with Gasteiger partial charge in [-0.25, -0.2) is 0 Å². The summed E-state index contributed by atoms with van der Waals surface area (Å²) in [5, 5.41) is 3.17. The van der Waals surface area contributed by atoms with Gasteiger partial charge in [0, 0.05) is 25.7 Å². The Morgan fingerprint density at radius 2 is 2.12 bits per heavy atom. The number of nitrogens with zero attached hydrogens (tertiary/aromatic N) is 1. The van der Waals surface area contributed by atoms with E-state index in [2.05, 4.69) is 11.9 Å². The number of carbonyl (C=O) groups is 1. The molecule has 0 saturated carbocycles. The first-order chi connectivity index (χ1) is 7.40. The monoisotopic (exact) mass is 228 g/mol. The van der Waals surface area contributed by atoms with Crippen molar-refractivity contribution in [2.24, 2.45) is 0 Å². The van der Waals surface area contributed by atoms with Gasteiger partial charge < -0.3 is 15.0 Å². The number of ether oxygens (including phenoxy) is 1. The van der Waals surface area contributed by atoms with Crippen molar-refractivity contribution >= 4 is 5.91 Å². The predicted octanol–water partition coefficient (Wildman–Crippen LogP) is 1.04. The molecule has 0 aromatic rings. The summed E-state index contributed by atoms with van der Waals surface area (Å²) in [5.41, 5.74) is -0.0449. The highest BCUT2D eigenvalue weighted by Gasteiger charge is 2.15. The number of carbonyl (C=O) groups excluding carboxylic acids is 1. The van der Waals surface area contributed by atoms with Gasteiger partial charge in [-0.1, -0.05) is 6.08 Å². The van der Waals surface area contributed by atoms with E-state index in [-0.39, 0.29) is 11.4 Å². The minimum absolute atomic E-state index is 0.0449. The molecule has 0 unspecified atom stereocenters. The van der Waals surface area contributed by atoms with E-state index in [1.165, 1.54) is 0 Å². The van der Waals surface area contributed by atoms with Gasteiger partial charge in [0.05, 0.1) is 13.2 Å². The number of methoxy groups -OCH3 is 1. The summed E-state index contributed by atoms with van der Waals surface area (Å²) < 4.78 is 4.97. The molecule has 0 aromatic carbocycles. The molecule has 0 aromatic heterocycles. The average Bonchev–Trinajstić information content (AvgIpc) is 2.19. The summed E-state index contributed by atoms with van der Waals surface area (Å²) in [5.74, 6) is 0.0758. The fourth-order valence-corrected chi connectivity index (χ4v) is 1.13. The van der Waals surface area contributed by atoms with Crippen LogP contribution in [0.15, 0.2) is 12.7 Å². The normalized spacial score (nSPS) is 11.2. The molecule has 4 nitrogen and oxygen atoms in total. The van der Waals surface area contributed by atoms with E-state index < -0.39 is 0 Å². The summed E-state index contributed by atoms with van der Waals surface area (Å²) in [7, 11) is 1.63. The Labute approximate surface area is 98.6 Å². The SMILES string of the molecule is C=CCN(CCOC)C(=O)CNC(C)(C)C. The van der Waals surface area contributed by atoms with Gasteiger partial charge in [0.15, 0.2) is 0 Å². The second-order valence-electron chi connectivity index (χ2n) is 4.72. The van der Waals surface area contributed by atoms with Gasteiger partial charge in [-0.2, -0.15) is 0 Å². The molecule has 1 N–H and O–H groups in total. The van der Waals surface area contributed by atoms with Gasteiger partial charge in [-0.3, -0.25) is 4.79 Å². The molecule has 0 aliphatic rings. The van der Waals surface area contributed by atoms with E-state index in [0.717, 1.165) is 0 Å². The van der Waals surface area contributed by atoms with Crippen molar-refractivity contribution in [1.82, 2.24) is 10.2 Å². The Morgan fingerprint density at radius 1 is 1.50 bits per heavy atom. The van der Waals surface area contributed by atoms with Crippen LogP contribution in [-0.4, -0.2) is 49.7 Å². The molecule has 0 heterocycles. The molecule has 0 saturated heterocycles. The van der Waals surface area contributed by atoms with Crippen LogP contribution in [0.5, 0.6) is 0 Å². The van der Waals surface area contributed by atoms with Crippen molar-refractivity contribution in [1.29, 1.82) is 0 Å². The van der Waals surface area contributed by atoms with Crippen LogP contribution in [0.25, 0.3) is 0 Å². The Hall–Kier alpha value is -0.870. The number of nitrogens with one attached hydrogen (secondary N) is 1. The maximum Gasteiger partial charge on any atom is 0.236 e. The maximum absolute atomic E-state index is 11.8. The van der Waals surface area contributed by atoms with Crippen molar-refractivity contribution in [3.8, 4) is 0 Å². The first kappa shape index (κ1) is 15.1. The molecule has 94 valence electrons. The van der Waals surface area contributed by atoms with Gasteiger partial charge in [0.2, 0.25) is 5.91 Å². The molecule has 0 aliphatic carbocycles. The second-order valence-corrected chi connectivity index (χ2v) is 4.72. The zero-order valence-electron chi connectivity index (χ0n) is 10.9. The van der Waals surface area contributed by atoms with Crippen molar-refractivity contribution in [3.63, 3.8) is 0 Å². The summed E-state index contributed by atoms with van der Waals surface area (Å²) in [6.07, 6.45) is 1.73. The molecule has 0 atom stereocenters. The second kappa shape index (κ2) is 7.41. The molecule has 4 heteroatoms. The molecular weight excluding hydrogens is 204 g/mol. The predicted molar refractivity (Wildman–Crippen MR) is 66.4 cm³/mol. The highest BCUT2D eigenvalue weighted by molar-refractivity contribution is 5.78. The lowest BCUT2D eigenvalue weighted by Gasteiger charge is -2.25. The Balaban J connectivity index is 4.10. The molecule has 0 fully saturated rings. The van der Waals surface area contributed by atoms with E-state index in [1.54, 1.807) is 18.1 Å². The summed E-state index contributed by atoms with van der Waals surface area (Å²) in [6.45, 7) is 11.8. The quantitative estimate of drug-likeness (QED) is 0.662. The molecule has 0 aliphatic heterocycles. The van der Waals surface area contributed by atoms with Gasteiger partial charge in [-0.05, 0) is 20.8 Å². The van der Waals surface area contributed by atoms with Gasteiger partial charge in [-0.15, -0.1) is 6.58 Å². The fourth-order valence-electron chi connectivity index (χ4n) is 1.13. The van der Waals surface area contributed by atoms with Crippen molar-refractivity contribution < 1.29 is 9.53 Å². The highest BCUT2D eigenvalue weighted by atomic mass is 16.5. The molecule has 0 bridgehead atoms. The highest BCUT2D eigenvalue weighted by Crippen LogP contribution is 1.98. The van der Waals surface area contributed by atoms with Gasteiger partial charge >= 0.3 is 0 Å². The molecule has 16 heavy (non-hydrogen) atoms. The average molecular weight is 228 g/mol. The van der Waals surface area contributed by atoms with E-state index in [9.17, 15) is 4.79 Å². The molecular formula is C12H24N2O2. The molecule has 0 rings (SSSR count). The standard InChI is InChI=1S/C12H24N2O2/c1-6-7-14(8-9-16-5)11(15)10-13-12(2,3)4/h6,13H,1,7-10H2,2-5H3. The fraction of sp³-hybridized carbons (Fsp3) is 0.750. The Kier molecular flexibility index (Phi) is 7.01.